The van der Waals surface area contributed by atoms with Crippen LogP contribution >= 0.6 is 23.5 Å². The molecule has 0 saturated carbocycles. The van der Waals surface area contributed by atoms with Gasteiger partial charge in [0.1, 0.15) is 6.04 Å². The Kier molecular flexibility index (Phi) is 5.10. The van der Waals surface area contributed by atoms with Crippen molar-refractivity contribution in [1.29, 1.82) is 0 Å². The topological polar surface area (TPSA) is 66.5 Å². The molecular formula is C13H13ClN2O3S2. The first kappa shape index (κ1) is 16.1. The van der Waals surface area contributed by atoms with Crippen molar-refractivity contribution >= 4 is 39.5 Å². The summed E-state index contributed by atoms with van der Waals surface area (Å²) in [6.07, 6.45) is 3.12. The molecule has 21 heavy (non-hydrogen) atoms. The van der Waals surface area contributed by atoms with E-state index >= 15 is 0 Å². The number of halogens is 1. The molecular weight excluding hydrogens is 332 g/mol. The Morgan fingerprint density at radius 2 is 2.10 bits per heavy atom. The van der Waals surface area contributed by atoms with Gasteiger partial charge in [0.2, 0.25) is 0 Å². The average molecular weight is 345 g/mol. The molecule has 1 unspecified atom stereocenters. The highest BCUT2D eigenvalue weighted by Crippen LogP contribution is 2.34. The molecule has 1 aromatic rings. The quantitative estimate of drug-likeness (QED) is 0.654. The number of hydrogen-bond donors (Lipinski definition) is 1. The highest BCUT2D eigenvalue weighted by atomic mass is 35.5. The minimum absolute atomic E-state index is 0.0364. The predicted molar refractivity (Wildman–Crippen MR) is 84.0 cm³/mol. The third kappa shape index (κ3) is 3.88. The molecule has 2 rings (SSSR count). The standard InChI is InChI=1S/C13H13ClN2O3S2/c1-2-8-16-11(9-12(14)20-16)13(17)15-21(18,19)10-6-4-3-5-7-10/h2-7,9,11H,1,8H2,(H,15,17). The third-order valence-electron chi connectivity index (χ3n) is 2.67. The number of nitrogens with one attached hydrogen (secondary N) is 1. The van der Waals surface area contributed by atoms with Crippen molar-refractivity contribution in [3.05, 3.63) is 53.4 Å². The Morgan fingerprint density at radius 3 is 2.71 bits per heavy atom. The van der Waals surface area contributed by atoms with Gasteiger partial charge in [-0.2, -0.15) is 0 Å². The monoisotopic (exact) mass is 344 g/mol. The largest absolute Gasteiger partial charge is 0.272 e. The van der Waals surface area contributed by atoms with Crippen LogP contribution in [0.5, 0.6) is 0 Å². The van der Waals surface area contributed by atoms with Crippen molar-refractivity contribution in [2.45, 2.75) is 10.9 Å². The lowest BCUT2D eigenvalue weighted by molar-refractivity contribution is -0.121. The van der Waals surface area contributed by atoms with E-state index in [1.807, 2.05) is 0 Å². The lowest BCUT2D eigenvalue weighted by atomic mass is 10.3. The molecule has 112 valence electrons. The number of carbonyl (C=O) groups is 1. The molecule has 1 amide bonds. The normalized spacial score (nSPS) is 19.1. The molecule has 1 heterocycles. The van der Waals surface area contributed by atoms with Crippen molar-refractivity contribution in [3.8, 4) is 0 Å². The van der Waals surface area contributed by atoms with Gasteiger partial charge in [-0.05, 0) is 30.2 Å². The van der Waals surface area contributed by atoms with Gasteiger partial charge in [-0.25, -0.2) is 17.4 Å². The van der Waals surface area contributed by atoms with Crippen LogP contribution in [0.4, 0.5) is 0 Å². The van der Waals surface area contributed by atoms with Gasteiger partial charge < -0.3 is 0 Å². The van der Waals surface area contributed by atoms with Gasteiger partial charge in [0.25, 0.3) is 15.9 Å². The van der Waals surface area contributed by atoms with Gasteiger partial charge in [-0.1, -0.05) is 35.9 Å². The van der Waals surface area contributed by atoms with Crippen LogP contribution in [0.1, 0.15) is 0 Å². The van der Waals surface area contributed by atoms with Gasteiger partial charge in [-0.15, -0.1) is 6.58 Å². The summed E-state index contributed by atoms with van der Waals surface area (Å²) in [6.45, 7) is 4.00. The fraction of sp³-hybridized carbons (Fsp3) is 0.154. The second-order valence-corrected chi connectivity index (χ2v) is 7.58. The van der Waals surface area contributed by atoms with E-state index in [1.165, 1.54) is 30.2 Å². The molecule has 1 aromatic carbocycles. The van der Waals surface area contributed by atoms with Gasteiger partial charge in [0.15, 0.2) is 0 Å². The minimum atomic E-state index is -3.89. The first-order chi connectivity index (χ1) is 9.94. The van der Waals surface area contributed by atoms with Crippen molar-refractivity contribution in [3.63, 3.8) is 0 Å². The fourth-order valence-electron chi connectivity index (χ4n) is 1.74. The van der Waals surface area contributed by atoms with Gasteiger partial charge >= 0.3 is 0 Å². The minimum Gasteiger partial charge on any atom is -0.272 e. The highest BCUT2D eigenvalue weighted by molar-refractivity contribution is 8.02. The maximum atomic E-state index is 12.2. The van der Waals surface area contributed by atoms with Gasteiger partial charge in [0.05, 0.1) is 9.26 Å². The first-order valence-electron chi connectivity index (χ1n) is 5.98. The number of sulfonamides is 1. The maximum absolute atomic E-state index is 12.2. The molecule has 0 aromatic heterocycles. The predicted octanol–water partition coefficient (Wildman–Crippen LogP) is 2.09. The van der Waals surface area contributed by atoms with E-state index in [1.54, 1.807) is 28.6 Å². The van der Waals surface area contributed by atoms with Crippen LogP contribution < -0.4 is 4.72 Å². The summed E-state index contributed by atoms with van der Waals surface area (Å²) in [5.41, 5.74) is 0. The summed E-state index contributed by atoms with van der Waals surface area (Å²) in [5.74, 6) is -0.649. The molecule has 0 spiro atoms. The van der Waals surface area contributed by atoms with Crippen LogP contribution in [-0.4, -0.2) is 31.2 Å². The fourth-order valence-corrected chi connectivity index (χ4v) is 4.01. The summed E-state index contributed by atoms with van der Waals surface area (Å²) < 4.78 is 28.4. The number of rotatable bonds is 5. The van der Waals surface area contributed by atoms with E-state index in [-0.39, 0.29) is 4.90 Å². The molecule has 0 fully saturated rings. The molecule has 0 saturated heterocycles. The van der Waals surface area contributed by atoms with Crippen LogP contribution in [0.15, 0.2) is 58.3 Å². The molecule has 1 N–H and O–H groups in total. The number of carbonyl (C=O) groups excluding carboxylic acids is 1. The Balaban J connectivity index is 2.16. The SMILES string of the molecule is C=CCN1SC(Cl)=CC1C(=O)NS(=O)(=O)c1ccccc1. The second kappa shape index (κ2) is 6.65. The highest BCUT2D eigenvalue weighted by Gasteiger charge is 2.32. The summed E-state index contributed by atoms with van der Waals surface area (Å²) in [6, 6.07) is 6.96. The molecule has 5 nitrogen and oxygen atoms in total. The zero-order chi connectivity index (χ0) is 15.5. The lowest BCUT2D eigenvalue weighted by Crippen LogP contribution is -2.43. The van der Waals surface area contributed by atoms with E-state index in [2.05, 4.69) is 11.3 Å². The Labute approximate surface area is 132 Å². The van der Waals surface area contributed by atoms with E-state index < -0.39 is 22.0 Å². The molecule has 1 aliphatic rings. The van der Waals surface area contributed by atoms with E-state index in [9.17, 15) is 13.2 Å². The number of hydrogen-bond acceptors (Lipinski definition) is 5. The second-order valence-electron chi connectivity index (χ2n) is 4.18. The Bertz CT molecular complexity index is 674. The zero-order valence-corrected chi connectivity index (χ0v) is 13.3. The van der Waals surface area contributed by atoms with Crippen LogP contribution in [0.2, 0.25) is 0 Å². The zero-order valence-electron chi connectivity index (χ0n) is 10.9. The van der Waals surface area contributed by atoms with E-state index in [4.69, 9.17) is 11.6 Å². The van der Waals surface area contributed by atoms with Crippen LogP contribution in [0.3, 0.4) is 0 Å². The van der Waals surface area contributed by atoms with Crippen LogP contribution in [-0.2, 0) is 14.8 Å². The van der Waals surface area contributed by atoms with E-state index in [0.29, 0.717) is 10.9 Å². The lowest BCUT2D eigenvalue weighted by Gasteiger charge is -2.20. The average Bonchev–Trinajstić information content (AvgIpc) is 2.81. The summed E-state index contributed by atoms with van der Waals surface area (Å²) >= 11 is 7.07. The van der Waals surface area contributed by atoms with Crippen LogP contribution in [0.25, 0.3) is 0 Å². The van der Waals surface area contributed by atoms with Crippen molar-refractivity contribution < 1.29 is 13.2 Å². The Hall–Kier alpha value is -1.28. The number of benzene rings is 1. The third-order valence-corrected chi connectivity index (χ3v) is 5.29. The summed E-state index contributed by atoms with van der Waals surface area (Å²) in [4.78, 5) is 12.2. The van der Waals surface area contributed by atoms with E-state index in [0.717, 1.165) is 0 Å². The van der Waals surface area contributed by atoms with Crippen molar-refractivity contribution in [2.75, 3.05) is 6.54 Å². The molecule has 0 radical (unpaired) electrons. The molecule has 1 aliphatic heterocycles. The molecule has 1 atom stereocenters. The Morgan fingerprint density at radius 1 is 1.43 bits per heavy atom. The van der Waals surface area contributed by atoms with Gasteiger partial charge in [0, 0.05) is 6.54 Å². The first-order valence-corrected chi connectivity index (χ1v) is 8.62. The summed E-state index contributed by atoms with van der Waals surface area (Å²) in [7, 11) is -3.89. The van der Waals surface area contributed by atoms with Crippen molar-refractivity contribution in [1.82, 2.24) is 9.03 Å². The molecule has 8 heteroatoms. The number of nitrogens with zero attached hydrogens (tertiary/aromatic N) is 1. The van der Waals surface area contributed by atoms with Crippen LogP contribution in [0, 0.1) is 0 Å². The van der Waals surface area contributed by atoms with Crippen molar-refractivity contribution in [2.24, 2.45) is 0 Å². The maximum Gasteiger partial charge on any atom is 0.264 e. The summed E-state index contributed by atoms with van der Waals surface area (Å²) in [5, 5.41) is 0. The molecule has 0 bridgehead atoms. The van der Waals surface area contributed by atoms with Gasteiger partial charge in [-0.3, -0.25) is 4.79 Å². The smallest absolute Gasteiger partial charge is 0.264 e. The number of amides is 1. The molecule has 0 aliphatic carbocycles.